The highest BCUT2D eigenvalue weighted by Gasteiger charge is 2.30. The van der Waals surface area contributed by atoms with Crippen LogP contribution in [0.5, 0.6) is 0 Å². The van der Waals surface area contributed by atoms with E-state index in [4.69, 9.17) is 0 Å². The van der Waals surface area contributed by atoms with Crippen molar-refractivity contribution in [2.24, 2.45) is 0 Å². The summed E-state index contributed by atoms with van der Waals surface area (Å²) in [5, 5.41) is 9.23. The van der Waals surface area contributed by atoms with Crippen molar-refractivity contribution in [3.05, 3.63) is 53.3 Å². The molecule has 6 nitrogen and oxygen atoms in total. The standard InChI is InChI=1S/C16H17NO5S/c1-22-23(20,21)15-5-3-2-4-11(15)10-12-6-7-14-13(16(18)19)8-9-17(12)14/h2-7,13H,8-10H2,1H3,(H,18,19). The van der Waals surface area contributed by atoms with Gasteiger partial charge in [0.05, 0.1) is 17.9 Å². The molecule has 0 fully saturated rings. The van der Waals surface area contributed by atoms with Crippen molar-refractivity contribution in [1.29, 1.82) is 0 Å². The Bertz CT molecular complexity index is 853. The van der Waals surface area contributed by atoms with E-state index in [1.54, 1.807) is 18.2 Å². The zero-order valence-electron chi connectivity index (χ0n) is 12.6. The lowest BCUT2D eigenvalue weighted by Crippen LogP contribution is -2.09. The van der Waals surface area contributed by atoms with Crippen molar-refractivity contribution in [3.63, 3.8) is 0 Å². The minimum Gasteiger partial charge on any atom is -0.481 e. The van der Waals surface area contributed by atoms with Gasteiger partial charge in [0.2, 0.25) is 0 Å². The first-order chi connectivity index (χ1) is 10.9. The monoisotopic (exact) mass is 335 g/mol. The molecule has 122 valence electrons. The summed E-state index contributed by atoms with van der Waals surface area (Å²) in [5.41, 5.74) is 2.32. The molecule has 0 amide bonds. The van der Waals surface area contributed by atoms with E-state index in [2.05, 4.69) is 4.18 Å². The number of benzene rings is 1. The van der Waals surface area contributed by atoms with Gasteiger partial charge in [0, 0.05) is 24.4 Å². The van der Waals surface area contributed by atoms with Crippen LogP contribution < -0.4 is 0 Å². The quantitative estimate of drug-likeness (QED) is 0.845. The van der Waals surface area contributed by atoms with Crippen LogP contribution in [0.15, 0.2) is 41.3 Å². The molecule has 0 saturated carbocycles. The van der Waals surface area contributed by atoms with Crippen molar-refractivity contribution in [2.75, 3.05) is 7.11 Å². The van der Waals surface area contributed by atoms with Crippen LogP contribution in [0.25, 0.3) is 0 Å². The molecule has 2 aromatic rings. The predicted octanol–water partition coefficient (Wildman–Crippen LogP) is 1.99. The number of carbonyl (C=O) groups is 1. The van der Waals surface area contributed by atoms with Crippen LogP contribution in [0.2, 0.25) is 0 Å². The van der Waals surface area contributed by atoms with Crippen LogP contribution in [0.3, 0.4) is 0 Å². The summed E-state index contributed by atoms with van der Waals surface area (Å²) in [7, 11) is -2.64. The Balaban J connectivity index is 1.97. The summed E-state index contributed by atoms with van der Waals surface area (Å²) in [4.78, 5) is 11.4. The molecule has 1 unspecified atom stereocenters. The number of rotatable bonds is 5. The second-order valence-electron chi connectivity index (χ2n) is 5.49. The molecule has 0 radical (unpaired) electrons. The average Bonchev–Trinajstić information content (AvgIpc) is 3.10. The lowest BCUT2D eigenvalue weighted by Gasteiger charge is -2.10. The molecule has 7 heteroatoms. The molecule has 1 aromatic heterocycles. The third-order valence-corrected chi connectivity index (χ3v) is 5.61. The molecule has 1 aliphatic heterocycles. The van der Waals surface area contributed by atoms with Crippen LogP contribution >= 0.6 is 0 Å². The van der Waals surface area contributed by atoms with Crippen molar-refractivity contribution in [2.45, 2.75) is 30.2 Å². The van der Waals surface area contributed by atoms with Gasteiger partial charge in [0.25, 0.3) is 10.1 Å². The van der Waals surface area contributed by atoms with Gasteiger partial charge in [0.1, 0.15) is 0 Å². The molecule has 0 aliphatic carbocycles. The SMILES string of the molecule is COS(=O)(=O)c1ccccc1Cc1ccc2n1CCC2C(=O)O. The molecule has 0 bridgehead atoms. The van der Waals surface area contributed by atoms with E-state index in [0.717, 1.165) is 18.5 Å². The first-order valence-electron chi connectivity index (χ1n) is 7.23. The van der Waals surface area contributed by atoms with Crippen molar-refractivity contribution in [3.8, 4) is 0 Å². The largest absolute Gasteiger partial charge is 0.481 e. The van der Waals surface area contributed by atoms with Crippen LogP contribution in [-0.2, 0) is 32.1 Å². The Morgan fingerprint density at radius 2 is 2.04 bits per heavy atom. The minimum atomic E-state index is -3.77. The minimum absolute atomic E-state index is 0.144. The Hall–Kier alpha value is -2.12. The molecule has 2 heterocycles. The maximum Gasteiger partial charge on any atom is 0.312 e. The summed E-state index contributed by atoms with van der Waals surface area (Å²) in [5.74, 6) is -1.31. The highest BCUT2D eigenvalue weighted by Crippen LogP contribution is 2.32. The number of nitrogens with zero attached hydrogens (tertiary/aromatic N) is 1. The van der Waals surface area contributed by atoms with E-state index in [9.17, 15) is 18.3 Å². The van der Waals surface area contributed by atoms with E-state index in [1.807, 2.05) is 16.7 Å². The number of aliphatic carboxylic acids is 1. The third kappa shape index (κ3) is 2.77. The highest BCUT2D eigenvalue weighted by molar-refractivity contribution is 7.86. The van der Waals surface area contributed by atoms with Gasteiger partial charge in [-0.25, -0.2) is 0 Å². The zero-order chi connectivity index (χ0) is 16.6. The molecule has 0 spiro atoms. The number of fused-ring (bicyclic) bond motifs is 1. The second kappa shape index (κ2) is 5.82. The molecule has 23 heavy (non-hydrogen) atoms. The second-order valence-corrected chi connectivity index (χ2v) is 7.17. The van der Waals surface area contributed by atoms with Gasteiger partial charge < -0.3 is 9.67 Å². The number of hydrogen-bond donors (Lipinski definition) is 1. The Labute approximate surface area is 134 Å². The van der Waals surface area contributed by atoms with E-state index >= 15 is 0 Å². The van der Waals surface area contributed by atoms with Gasteiger partial charge in [-0.05, 0) is 30.2 Å². The first kappa shape index (κ1) is 15.8. The van der Waals surface area contributed by atoms with Crippen LogP contribution in [0.1, 0.15) is 29.3 Å². The summed E-state index contributed by atoms with van der Waals surface area (Å²) < 4.78 is 30.6. The zero-order valence-corrected chi connectivity index (χ0v) is 13.4. The number of hydrogen-bond acceptors (Lipinski definition) is 4. The van der Waals surface area contributed by atoms with Gasteiger partial charge >= 0.3 is 5.97 Å². The van der Waals surface area contributed by atoms with Gasteiger partial charge in [-0.3, -0.25) is 8.98 Å². The van der Waals surface area contributed by atoms with Crippen LogP contribution in [-0.4, -0.2) is 31.2 Å². The molecular weight excluding hydrogens is 318 g/mol. The normalized spacial score (nSPS) is 17.2. The van der Waals surface area contributed by atoms with Crippen molar-refractivity contribution >= 4 is 16.1 Å². The number of aromatic nitrogens is 1. The van der Waals surface area contributed by atoms with Crippen LogP contribution in [0.4, 0.5) is 0 Å². The van der Waals surface area contributed by atoms with Gasteiger partial charge in [0.15, 0.2) is 0 Å². The smallest absolute Gasteiger partial charge is 0.312 e. The average molecular weight is 335 g/mol. The van der Waals surface area contributed by atoms with Gasteiger partial charge in [-0.15, -0.1) is 0 Å². The number of carboxylic acid groups (broad SMARTS) is 1. The lowest BCUT2D eigenvalue weighted by atomic mass is 10.1. The predicted molar refractivity (Wildman–Crippen MR) is 82.9 cm³/mol. The molecule has 0 saturated heterocycles. The van der Waals surface area contributed by atoms with Gasteiger partial charge in [-0.1, -0.05) is 18.2 Å². The fraction of sp³-hybridized carbons (Fsp3) is 0.312. The third-order valence-electron chi connectivity index (χ3n) is 4.23. The molecule has 1 N–H and O–H groups in total. The molecule has 1 aromatic carbocycles. The van der Waals surface area contributed by atoms with Crippen LogP contribution in [0, 0.1) is 0 Å². The van der Waals surface area contributed by atoms with Crippen molar-refractivity contribution < 1.29 is 22.5 Å². The topological polar surface area (TPSA) is 85.6 Å². The summed E-state index contributed by atoms with van der Waals surface area (Å²) in [6.45, 7) is 0.633. The summed E-state index contributed by atoms with van der Waals surface area (Å²) in [6, 6.07) is 10.4. The summed E-state index contributed by atoms with van der Waals surface area (Å²) in [6.07, 6.45) is 0.974. The van der Waals surface area contributed by atoms with E-state index in [1.165, 1.54) is 6.07 Å². The van der Waals surface area contributed by atoms with Gasteiger partial charge in [-0.2, -0.15) is 8.42 Å². The summed E-state index contributed by atoms with van der Waals surface area (Å²) >= 11 is 0. The maximum atomic E-state index is 12.0. The molecule has 3 rings (SSSR count). The number of carboxylic acids is 1. The maximum absolute atomic E-state index is 12.0. The Kier molecular flexibility index (Phi) is 3.99. The molecular formula is C16H17NO5S. The van der Waals surface area contributed by atoms with E-state index < -0.39 is 22.0 Å². The first-order valence-corrected chi connectivity index (χ1v) is 8.64. The fourth-order valence-electron chi connectivity index (χ4n) is 3.09. The Morgan fingerprint density at radius 1 is 1.30 bits per heavy atom. The Morgan fingerprint density at radius 3 is 2.74 bits per heavy atom. The highest BCUT2D eigenvalue weighted by atomic mass is 32.2. The van der Waals surface area contributed by atoms with E-state index in [0.29, 0.717) is 24.9 Å². The van der Waals surface area contributed by atoms with Crippen molar-refractivity contribution in [1.82, 2.24) is 4.57 Å². The molecule has 1 atom stereocenters. The lowest BCUT2D eigenvalue weighted by molar-refractivity contribution is -0.138. The fourth-order valence-corrected chi connectivity index (χ4v) is 3.98. The molecule has 1 aliphatic rings. The van der Waals surface area contributed by atoms with E-state index in [-0.39, 0.29) is 4.90 Å².